The van der Waals surface area contributed by atoms with Crippen LogP contribution in [-0.2, 0) is 9.59 Å². The van der Waals surface area contributed by atoms with E-state index in [4.69, 9.17) is 22.1 Å². The van der Waals surface area contributed by atoms with E-state index in [9.17, 15) is 24.8 Å². The lowest BCUT2D eigenvalue weighted by Gasteiger charge is -2.10. The van der Waals surface area contributed by atoms with Crippen molar-refractivity contribution >= 4 is 51.9 Å². The monoisotopic (exact) mass is 370 g/mol. The molecule has 1 aliphatic heterocycles. The predicted molar refractivity (Wildman–Crippen MR) is 88.8 cm³/mol. The first-order chi connectivity index (χ1) is 11.2. The quantitative estimate of drug-likeness (QED) is 0.343. The molecular formula is C13H10N2O7S2. The molecule has 2 N–H and O–H groups in total. The second-order valence-electron chi connectivity index (χ2n) is 4.51. The van der Waals surface area contributed by atoms with Gasteiger partial charge in [0.2, 0.25) is 5.75 Å². The van der Waals surface area contributed by atoms with Crippen LogP contribution in [-0.4, -0.2) is 49.9 Å². The van der Waals surface area contributed by atoms with E-state index >= 15 is 0 Å². The fourth-order valence-corrected chi connectivity index (χ4v) is 3.17. The topological polar surface area (TPSA) is 130 Å². The molecular weight excluding hydrogens is 360 g/mol. The summed E-state index contributed by atoms with van der Waals surface area (Å²) in [5.41, 5.74) is -0.353. The van der Waals surface area contributed by atoms with Gasteiger partial charge in [0.15, 0.2) is 5.75 Å². The van der Waals surface area contributed by atoms with Gasteiger partial charge in [-0.15, -0.1) is 0 Å². The Kier molecular flexibility index (Phi) is 5.04. The number of nitro groups is 1. The molecule has 1 amide bonds. The first-order valence-electron chi connectivity index (χ1n) is 6.27. The van der Waals surface area contributed by atoms with E-state index in [1.54, 1.807) is 0 Å². The number of carbonyl (C=O) groups is 2. The first-order valence-corrected chi connectivity index (χ1v) is 7.49. The summed E-state index contributed by atoms with van der Waals surface area (Å²) in [6.07, 6.45) is 1.32. The third kappa shape index (κ3) is 3.46. The largest absolute Gasteiger partial charge is 0.500 e. The van der Waals surface area contributed by atoms with Crippen LogP contribution in [0.25, 0.3) is 6.08 Å². The first kappa shape index (κ1) is 17.7. The average molecular weight is 370 g/mol. The second-order valence-corrected chi connectivity index (χ2v) is 6.19. The van der Waals surface area contributed by atoms with Crippen LogP contribution in [0, 0.1) is 10.1 Å². The Morgan fingerprint density at radius 3 is 2.75 bits per heavy atom. The maximum Gasteiger partial charge on any atom is 0.323 e. The van der Waals surface area contributed by atoms with Gasteiger partial charge in [-0.1, -0.05) is 24.0 Å². The Labute approximate surface area is 144 Å². The molecule has 0 atom stereocenters. The highest BCUT2D eigenvalue weighted by molar-refractivity contribution is 8.26. The van der Waals surface area contributed by atoms with Gasteiger partial charge in [-0.05, 0) is 17.7 Å². The third-order valence-corrected chi connectivity index (χ3v) is 4.34. The zero-order valence-corrected chi connectivity index (χ0v) is 13.7. The number of aliphatic carboxylic acids is 1. The number of thiocarbonyl (C=S) groups is 1. The highest BCUT2D eigenvalue weighted by atomic mass is 32.2. The summed E-state index contributed by atoms with van der Waals surface area (Å²) in [4.78, 5) is 34.1. The van der Waals surface area contributed by atoms with Gasteiger partial charge in [-0.2, -0.15) is 0 Å². The number of carboxylic acid groups (broad SMARTS) is 1. The van der Waals surface area contributed by atoms with Gasteiger partial charge < -0.3 is 14.9 Å². The highest BCUT2D eigenvalue weighted by Gasteiger charge is 2.33. The Balaban J connectivity index is 2.43. The Morgan fingerprint density at radius 2 is 2.21 bits per heavy atom. The summed E-state index contributed by atoms with van der Waals surface area (Å²) in [6, 6.07) is 2.38. The molecule has 1 saturated heterocycles. The molecule has 11 heteroatoms. The Hall–Kier alpha value is -2.66. The zero-order chi connectivity index (χ0) is 18.0. The molecule has 2 rings (SSSR count). The van der Waals surface area contributed by atoms with E-state index < -0.39 is 34.8 Å². The lowest BCUT2D eigenvalue weighted by atomic mass is 10.1. The molecule has 0 aromatic heterocycles. The van der Waals surface area contributed by atoms with E-state index in [0.29, 0.717) is 0 Å². The number of phenols is 1. The fourth-order valence-electron chi connectivity index (χ4n) is 1.91. The second kappa shape index (κ2) is 6.84. The van der Waals surface area contributed by atoms with Crippen LogP contribution in [0.2, 0.25) is 0 Å². The number of amides is 1. The van der Waals surface area contributed by atoms with Gasteiger partial charge in [0.1, 0.15) is 10.9 Å². The summed E-state index contributed by atoms with van der Waals surface area (Å²) in [5, 5.41) is 29.5. The van der Waals surface area contributed by atoms with Crippen LogP contribution in [0.3, 0.4) is 0 Å². The van der Waals surface area contributed by atoms with Gasteiger partial charge in [0, 0.05) is 6.07 Å². The lowest BCUT2D eigenvalue weighted by molar-refractivity contribution is -0.386. The fraction of sp³-hybridized carbons (Fsp3) is 0.154. The smallest absolute Gasteiger partial charge is 0.323 e. The molecule has 24 heavy (non-hydrogen) atoms. The summed E-state index contributed by atoms with van der Waals surface area (Å²) >= 11 is 5.84. The highest BCUT2D eigenvalue weighted by Crippen LogP contribution is 2.39. The lowest BCUT2D eigenvalue weighted by Crippen LogP contribution is -2.33. The molecule has 0 unspecified atom stereocenters. The maximum atomic E-state index is 12.2. The predicted octanol–water partition coefficient (Wildman–Crippen LogP) is 1.59. The number of carboxylic acids is 1. The molecule has 9 nitrogen and oxygen atoms in total. The molecule has 1 aromatic carbocycles. The van der Waals surface area contributed by atoms with E-state index in [1.165, 1.54) is 19.3 Å². The molecule has 0 radical (unpaired) electrons. The van der Waals surface area contributed by atoms with Crippen molar-refractivity contribution in [2.24, 2.45) is 0 Å². The van der Waals surface area contributed by atoms with Crippen molar-refractivity contribution in [2.75, 3.05) is 13.7 Å². The number of ether oxygens (including phenoxy) is 1. The number of rotatable bonds is 5. The van der Waals surface area contributed by atoms with Crippen molar-refractivity contribution in [1.82, 2.24) is 4.90 Å². The molecule has 1 aromatic rings. The molecule has 0 aliphatic carbocycles. The van der Waals surface area contributed by atoms with Gasteiger partial charge in [-0.25, -0.2) is 0 Å². The standard InChI is InChI=1S/C13H10N2O7S2/c1-22-8-3-6(2-7(11(8)18)15(20)21)4-9-12(19)14(5-10(16)17)13(23)24-9/h2-4,18H,5H2,1H3,(H,16,17). The van der Waals surface area contributed by atoms with Crippen molar-refractivity contribution < 1.29 is 29.5 Å². The van der Waals surface area contributed by atoms with Gasteiger partial charge in [0.05, 0.1) is 16.9 Å². The number of nitro benzene ring substituents is 1. The Morgan fingerprint density at radius 1 is 1.54 bits per heavy atom. The van der Waals surface area contributed by atoms with E-state index in [2.05, 4.69) is 0 Å². The van der Waals surface area contributed by atoms with Crippen molar-refractivity contribution in [2.45, 2.75) is 0 Å². The van der Waals surface area contributed by atoms with Crippen LogP contribution in [0.1, 0.15) is 5.56 Å². The van der Waals surface area contributed by atoms with Crippen LogP contribution < -0.4 is 4.74 Å². The van der Waals surface area contributed by atoms with E-state index in [-0.39, 0.29) is 20.5 Å². The number of aromatic hydroxyl groups is 1. The summed E-state index contributed by atoms with van der Waals surface area (Å²) in [5.74, 6) is -2.58. The molecule has 0 bridgehead atoms. The van der Waals surface area contributed by atoms with Crippen molar-refractivity contribution in [3.63, 3.8) is 0 Å². The van der Waals surface area contributed by atoms with Crippen molar-refractivity contribution in [3.8, 4) is 11.5 Å². The molecule has 1 heterocycles. The number of phenolic OH excluding ortho intramolecular Hbond substituents is 1. The van der Waals surface area contributed by atoms with Crippen molar-refractivity contribution in [1.29, 1.82) is 0 Å². The molecule has 126 valence electrons. The minimum absolute atomic E-state index is 0.0777. The average Bonchev–Trinajstić information content (AvgIpc) is 2.75. The number of benzene rings is 1. The minimum Gasteiger partial charge on any atom is -0.500 e. The van der Waals surface area contributed by atoms with E-state index in [0.717, 1.165) is 22.7 Å². The number of hydrogen-bond donors (Lipinski definition) is 2. The van der Waals surface area contributed by atoms with E-state index in [1.807, 2.05) is 0 Å². The van der Waals surface area contributed by atoms with Crippen LogP contribution in [0.4, 0.5) is 5.69 Å². The summed E-state index contributed by atoms with van der Waals surface area (Å²) in [7, 11) is 1.23. The number of carbonyl (C=O) groups excluding carboxylic acids is 1. The molecule has 0 saturated carbocycles. The van der Waals surface area contributed by atoms with Crippen LogP contribution in [0.15, 0.2) is 17.0 Å². The summed E-state index contributed by atoms with van der Waals surface area (Å²) < 4.78 is 4.95. The molecule has 1 fully saturated rings. The number of thioether (sulfide) groups is 1. The minimum atomic E-state index is -1.21. The van der Waals surface area contributed by atoms with Crippen LogP contribution >= 0.6 is 24.0 Å². The third-order valence-electron chi connectivity index (χ3n) is 2.96. The zero-order valence-electron chi connectivity index (χ0n) is 12.1. The number of nitrogens with zero attached hydrogens (tertiary/aromatic N) is 2. The number of hydrogen-bond acceptors (Lipinski definition) is 8. The van der Waals surface area contributed by atoms with Crippen molar-refractivity contribution in [3.05, 3.63) is 32.7 Å². The normalized spacial score (nSPS) is 15.9. The number of methoxy groups -OCH3 is 1. The van der Waals surface area contributed by atoms with Gasteiger partial charge >= 0.3 is 11.7 Å². The maximum absolute atomic E-state index is 12.2. The molecule has 0 spiro atoms. The van der Waals surface area contributed by atoms with Gasteiger partial charge in [-0.3, -0.25) is 24.6 Å². The Bertz CT molecular complexity index is 791. The SMILES string of the molecule is COc1cc(C=C2SC(=S)N(CC(=O)O)C2=O)cc([N+](=O)[O-])c1O. The molecule has 1 aliphatic rings. The van der Waals surface area contributed by atoms with Gasteiger partial charge in [0.25, 0.3) is 5.91 Å². The van der Waals surface area contributed by atoms with Crippen LogP contribution in [0.5, 0.6) is 11.5 Å². The summed E-state index contributed by atoms with van der Waals surface area (Å²) in [6.45, 7) is -0.568.